The highest BCUT2D eigenvalue weighted by molar-refractivity contribution is 7.11. The lowest BCUT2D eigenvalue weighted by atomic mass is 10.1. The fraction of sp³-hybridized carbons (Fsp3) is 0.474. The van der Waals surface area contributed by atoms with Gasteiger partial charge in [0.15, 0.2) is 0 Å². The Kier molecular flexibility index (Phi) is 5.81. The van der Waals surface area contributed by atoms with E-state index in [2.05, 4.69) is 15.2 Å². The Morgan fingerprint density at radius 1 is 1.28 bits per heavy atom. The fourth-order valence-corrected chi connectivity index (χ4v) is 4.29. The van der Waals surface area contributed by atoms with Gasteiger partial charge in [0, 0.05) is 11.4 Å². The van der Waals surface area contributed by atoms with Gasteiger partial charge in [0.1, 0.15) is 5.82 Å². The van der Waals surface area contributed by atoms with Crippen LogP contribution < -0.4 is 5.32 Å². The molecule has 1 saturated heterocycles. The van der Waals surface area contributed by atoms with E-state index in [1.54, 1.807) is 11.3 Å². The molecule has 0 unspecified atom stereocenters. The summed E-state index contributed by atoms with van der Waals surface area (Å²) in [5, 5.41) is 4.05. The summed E-state index contributed by atoms with van der Waals surface area (Å²) in [6, 6.07) is 6.71. The molecule has 4 nitrogen and oxygen atoms in total. The van der Waals surface area contributed by atoms with Crippen molar-refractivity contribution < 1.29 is 9.18 Å². The van der Waals surface area contributed by atoms with E-state index in [1.165, 1.54) is 25.0 Å². The number of aromatic nitrogens is 1. The van der Waals surface area contributed by atoms with Crippen LogP contribution in [0.5, 0.6) is 0 Å². The molecule has 1 aliphatic heterocycles. The summed E-state index contributed by atoms with van der Waals surface area (Å²) in [4.78, 5) is 20.1. The van der Waals surface area contributed by atoms with Crippen molar-refractivity contribution in [3.63, 3.8) is 0 Å². The zero-order chi connectivity index (χ0) is 17.8. The van der Waals surface area contributed by atoms with Crippen LogP contribution >= 0.6 is 11.3 Å². The molecule has 1 amide bonds. The van der Waals surface area contributed by atoms with E-state index in [1.807, 2.05) is 26.0 Å². The number of nitrogens with one attached hydrogen (secondary N) is 1. The number of benzene rings is 1. The maximum absolute atomic E-state index is 13.2. The summed E-state index contributed by atoms with van der Waals surface area (Å²) in [6.45, 7) is 6.48. The van der Waals surface area contributed by atoms with Crippen molar-refractivity contribution in [1.29, 1.82) is 0 Å². The van der Waals surface area contributed by atoms with Gasteiger partial charge in [-0.1, -0.05) is 12.1 Å². The third kappa shape index (κ3) is 4.64. The number of rotatable bonds is 6. The third-order valence-corrected chi connectivity index (χ3v) is 5.72. The highest BCUT2D eigenvalue weighted by atomic mass is 32.1. The number of aryl methyl sites for hydroxylation is 2. The molecule has 6 heteroatoms. The number of hydrogen-bond donors (Lipinski definition) is 1. The SMILES string of the molecule is Cc1nc(C)c(CC(=O)NC[C@@H](c2ccc(F)cc2)N2CCCC2)s1. The molecule has 2 heterocycles. The Hall–Kier alpha value is -1.79. The van der Waals surface area contributed by atoms with Crippen molar-refractivity contribution in [2.45, 2.75) is 39.2 Å². The normalized spacial score (nSPS) is 16.1. The Bertz CT molecular complexity index is 723. The average molecular weight is 361 g/mol. The molecule has 25 heavy (non-hydrogen) atoms. The van der Waals surface area contributed by atoms with Crippen molar-refractivity contribution in [2.75, 3.05) is 19.6 Å². The monoisotopic (exact) mass is 361 g/mol. The Morgan fingerprint density at radius 2 is 1.96 bits per heavy atom. The van der Waals surface area contributed by atoms with Crippen LogP contribution in [-0.2, 0) is 11.2 Å². The first-order valence-corrected chi connectivity index (χ1v) is 9.53. The van der Waals surface area contributed by atoms with E-state index >= 15 is 0 Å². The first-order valence-electron chi connectivity index (χ1n) is 8.72. The lowest BCUT2D eigenvalue weighted by Crippen LogP contribution is -2.37. The van der Waals surface area contributed by atoms with Crippen LogP contribution in [0.4, 0.5) is 4.39 Å². The van der Waals surface area contributed by atoms with E-state index in [9.17, 15) is 9.18 Å². The van der Waals surface area contributed by atoms with E-state index in [0.717, 1.165) is 34.2 Å². The second kappa shape index (κ2) is 8.06. The van der Waals surface area contributed by atoms with Gasteiger partial charge in [-0.15, -0.1) is 11.3 Å². The van der Waals surface area contributed by atoms with Crippen LogP contribution in [0.2, 0.25) is 0 Å². The number of amides is 1. The number of hydrogen-bond acceptors (Lipinski definition) is 4. The summed E-state index contributed by atoms with van der Waals surface area (Å²) in [7, 11) is 0. The molecule has 1 aromatic heterocycles. The summed E-state index contributed by atoms with van der Waals surface area (Å²) >= 11 is 1.58. The van der Waals surface area contributed by atoms with Crippen molar-refractivity contribution in [3.05, 3.63) is 51.2 Å². The van der Waals surface area contributed by atoms with Gasteiger partial charge in [-0.25, -0.2) is 9.37 Å². The number of carbonyl (C=O) groups is 1. The van der Waals surface area contributed by atoms with Crippen LogP contribution in [0, 0.1) is 19.7 Å². The molecule has 0 bridgehead atoms. The molecule has 0 radical (unpaired) electrons. The van der Waals surface area contributed by atoms with E-state index in [-0.39, 0.29) is 17.8 Å². The summed E-state index contributed by atoms with van der Waals surface area (Å²) in [6.07, 6.45) is 2.71. The molecule has 134 valence electrons. The van der Waals surface area contributed by atoms with Crippen molar-refractivity contribution >= 4 is 17.2 Å². The zero-order valence-electron chi connectivity index (χ0n) is 14.7. The minimum atomic E-state index is -0.232. The van der Waals surface area contributed by atoms with Crippen LogP contribution in [0.3, 0.4) is 0 Å². The molecule has 1 atom stereocenters. The summed E-state index contributed by atoms with van der Waals surface area (Å²) in [5.74, 6) is -0.220. The second-order valence-corrected chi connectivity index (χ2v) is 7.82. The quantitative estimate of drug-likeness (QED) is 0.858. The minimum absolute atomic E-state index is 0.0121. The van der Waals surface area contributed by atoms with Crippen LogP contribution in [0.25, 0.3) is 0 Å². The largest absolute Gasteiger partial charge is 0.354 e. The predicted molar refractivity (Wildman–Crippen MR) is 98.2 cm³/mol. The van der Waals surface area contributed by atoms with Gasteiger partial charge in [0.05, 0.1) is 23.2 Å². The van der Waals surface area contributed by atoms with Gasteiger partial charge in [-0.2, -0.15) is 0 Å². The molecule has 2 aromatic rings. The lowest BCUT2D eigenvalue weighted by Gasteiger charge is -2.28. The molecule has 0 aliphatic carbocycles. The molecule has 3 rings (SSSR count). The van der Waals surface area contributed by atoms with Crippen molar-refractivity contribution in [2.24, 2.45) is 0 Å². The first-order chi connectivity index (χ1) is 12.0. The average Bonchev–Trinajstić information content (AvgIpc) is 3.20. The second-order valence-electron chi connectivity index (χ2n) is 6.53. The Morgan fingerprint density at radius 3 is 2.56 bits per heavy atom. The Balaban J connectivity index is 1.64. The number of halogens is 1. The van der Waals surface area contributed by atoms with Crippen LogP contribution in [0.15, 0.2) is 24.3 Å². The summed E-state index contributed by atoms with van der Waals surface area (Å²) < 4.78 is 13.2. The number of nitrogens with zero attached hydrogens (tertiary/aromatic N) is 2. The van der Waals surface area contributed by atoms with Gasteiger partial charge < -0.3 is 5.32 Å². The van der Waals surface area contributed by atoms with E-state index < -0.39 is 0 Å². The number of carbonyl (C=O) groups excluding carboxylic acids is 1. The van der Waals surface area contributed by atoms with Crippen LogP contribution in [-0.4, -0.2) is 35.4 Å². The topological polar surface area (TPSA) is 45.2 Å². The van der Waals surface area contributed by atoms with Crippen molar-refractivity contribution in [3.8, 4) is 0 Å². The summed E-state index contributed by atoms with van der Waals surface area (Å²) in [5.41, 5.74) is 1.99. The highest BCUT2D eigenvalue weighted by Crippen LogP contribution is 2.25. The standard InChI is InChI=1S/C19H24FN3OS/c1-13-18(25-14(2)22-13)11-19(24)21-12-17(23-9-3-4-10-23)15-5-7-16(20)8-6-15/h5-8,17H,3-4,9-12H2,1-2H3,(H,21,24)/t17-/m0/s1. The molecule has 1 N–H and O–H groups in total. The fourth-order valence-electron chi connectivity index (χ4n) is 3.35. The molecule has 1 aliphatic rings. The lowest BCUT2D eigenvalue weighted by molar-refractivity contribution is -0.120. The zero-order valence-corrected chi connectivity index (χ0v) is 15.5. The predicted octanol–water partition coefficient (Wildman–Crippen LogP) is 3.39. The molecule has 0 spiro atoms. The van der Waals surface area contributed by atoms with Gasteiger partial charge in [0.2, 0.25) is 5.91 Å². The molecular weight excluding hydrogens is 337 g/mol. The highest BCUT2D eigenvalue weighted by Gasteiger charge is 2.24. The van der Waals surface area contributed by atoms with Gasteiger partial charge >= 0.3 is 0 Å². The number of thiazole rings is 1. The van der Waals surface area contributed by atoms with Gasteiger partial charge in [-0.05, 0) is 57.5 Å². The van der Waals surface area contributed by atoms with Crippen LogP contribution in [0.1, 0.15) is 40.0 Å². The maximum atomic E-state index is 13.2. The van der Waals surface area contributed by atoms with E-state index in [4.69, 9.17) is 0 Å². The minimum Gasteiger partial charge on any atom is -0.354 e. The molecular formula is C19H24FN3OS. The maximum Gasteiger partial charge on any atom is 0.225 e. The van der Waals surface area contributed by atoms with E-state index in [0.29, 0.717) is 13.0 Å². The van der Waals surface area contributed by atoms with Gasteiger partial charge in [-0.3, -0.25) is 9.69 Å². The first kappa shape index (κ1) is 18.0. The molecule has 1 fully saturated rings. The van der Waals surface area contributed by atoms with Gasteiger partial charge in [0.25, 0.3) is 0 Å². The number of likely N-dealkylation sites (tertiary alicyclic amines) is 1. The molecule has 0 saturated carbocycles. The van der Waals surface area contributed by atoms with Crippen molar-refractivity contribution in [1.82, 2.24) is 15.2 Å². The molecule has 1 aromatic carbocycles. The third-order valence-electron chi connectivity index (χ3n) is 4.65. The smallest absolute Gasteiger partial charge is 0.225 e. The Labute approximate surface area is 152 Å².